The molecule has 0 amide bonds. The molecule has 0 bridgehead atoms. The summed E-state index contributed by atoms with van der Waals surface area (Å²) in [6, 6.07) is 16.6. The molecule has 4 aromatic rings. The van der Waals surface area contributed by atoms with E-state index in [9.17, 15) is 14.3 Å². The first-order chi connectivity index (χ1) is 15.0. The third-order valence-electron chi connectivity index (χ3n) is 5.11. The fraction of sp³-hybridized carbons (Fsp3) is 0.208. The minimum Gasteiger partial charge on any atom is -0.477 e. The van der Waals surface area contributed by atoms with E-state index in [2.05, 4.69) is 22.4 Å². The van der Waals surface area contributed by atoms with E-state index in [1.165, 1.54) is 29.0 Å². The molecule has 7 heteroatoms. The Hall–Kier alpha value is -3.32. The Morgan fingerprint density at radius 2 is 1.81 bits per heavy atom. The zero-order valence-electron chi connectivity index (χ0n) is 17.1. The highest BCUT2D eigenvalue weighted by molar-refractivity contribution is 7.20. The van der Waals surface area contributed by atoms with Crippen LogP contribution >= 0.6 is 11.3 Å². The lowest BCUT2D eigenvalue weighted by Crippen LogP contribution is -2.09. The van der Waals surface area contributed by atoms with Gasteiger partial charge in [0.15, 0.2) is 0 Å². The Kier molecular flexibility index (Phi) is 6.23. The van der Waals surface area contributed by atoms with Crippen LogP contribution in [0.25, 0.3) is 10.2 Å². The largest absolute Gasteiger partial charge is 0.477 e. The first-order valence-electron chi connectivity index (χ1n) is 10.1. The second-order valence-electron chi connectivity index (χ2n) is 7.32. The predicted octanol–water partition coefficient (Wildman–Crippen LogP) is 5.28. The van der Waals surface area contributed by atoms with Gasteiger partial charge >= 0.3 is 5.97 Å². The molecule has 31 heavy (non-hydrogen) atoms. The van der Waals surface area contributed by atoms with Crippen LogP contribution in [0.3, 0.4) is 0 Å². The standard InChI is InChI=1S/C24H22FN3O2S/c1-15-20-22(26-13-12-17-8-5-9-18(25)14-17)27-19(11-10-16-6-3-2-4-7-16)28-23(20)31-21(15)24(29)30/h2-9,14H,10-13H2,1H3,(H,29,30)(H,26,27,28). The number of thiophene rings is 1. The Bertz CT molecular complexity index is 1220. The fourth-order valence-corrected chi connectivity index (χ4v) is 4.58. The van der Waals surface area contributed by atoms with Crippen LogP contribution in [0.1, 0.15) is 32.2 Å². The highest BCUT2D eigenvalue weighted by atomic mass is 32.1. The molecular weight excluding hydrogens is 413 g/mol. The number of rotatable bonds is 8. The molecule has 2 N–H and O–H groups in total. The summed E-state index contributed by atoms with van der Waals surface area (Å²) >= 11 is 1.17. The molecule has 0 aliphatic heterocycles. The van der Waals surface area contributed by atoms with E-state index in [0.717, 1.165) is 17.4 Å². The molecule has 0 fully saturated rings. The van der Waals surface area contributed by atoms with Gasteiger partial charge in [-0.25, -0.2) is 19.2 Å². The highest BCUT2D eigenvalue weighted by Crippen LogP contribution is 2.34. The quantitative estimate of drug-likeness (QED) is 0.394. The number of aryl methyl sites for hydroxylation is 3. The molecule has 2 heterocycles. The van der Waals surface area contributed by atoms with Crippen molar-refractivity contribution in [3.8, 4) is 0 Å². The van der Waals surface area contributed by atoms with E-state index in [0.29, 0.717) is 41.4 Å². The monoisotopic (exact) mass is 435 g/mol. The molecule has 0 radical (unpaired) electrons. The first kappa shape index (κ1) is 20.9. The van der Waals surface area contributed by atoms with Crippen LogP contribution in [-0.4, -0.2) is 27.6 Å². The van der Waals surface area contributed by atoms with E-state index < -0.39 is 5.97 Å². The van der Waals surface area contributed by atoms with Crippen LogP contribution in [0.15, 0.2) is 54.6 Å². The number of fused-ring (bicyclic) bond motifs is 1. The van der Waals surface area contributed by atoms with Gasteiger partial charge in [0.2, 0.25) is 0 Å². The van der Waals surface area contributed by atoms with Crippen LogP contribution in [0.4, 0.5) is 10.2 Å². The van der Waals surface area contributed by atoms with Crippen molar-refractivity contribution in [2.24, 2.45) is 0 Å². The van der Waals surface area contributed by atoms with Crippen molar-refractivity contribution in [3.05, 3.63) is 87.8 Å². The van der Waals surface area contributed by atoms with Gasteiger partial charge in [-0.05, 0) is 48.6 Å². The number of aromatic nitrogens is 2. The summed E-state index contributed by atoms with van der Waals surface area (Å²) in [5, 5.41) is 13.6. The second-order valence-corrected chi connectivity index (χ2v) is 8.32. The van der Waals surface area contributed by atoms with E-state index in [1.54, 1.807) is 13.0 Å². The lowest BCUT2D eigenvalue weighted by atomic mass is 10.1. The summed E-state index contributed by atoms with van der Waals surface area (Å²) in [6.45, 7) is 2.33. The Labute approximate surface area is 183 Å². The third-order valence-corrected chi connectivity index (χ3v) is 6.28. The van der Waals surface area contributed by atoms with Crippen molar-refractivity contribution in [3.63, 3.8) is 0 Å². The number of carboxylic acid groups (broad SMARTS) is 1. The normalized spacial score (nSPS) is 11.0. The van der Waals surface area contributed by atoms with Crippen molar-refractivity contribution in [1.82, 2.24) is 9.97 Å². The van der Waals surface area contributed by atoms with Crippen molar-refractivity contribution < 1.29 is 14.3 Å². The Morgan fingerprint density at radius 1 is 1.03 bits per heavy atom. The minimum atomic E-state index is -0.961. The molecule has 2 aromatic heterocycles. The number of carboxylic acids is 1. The summed E-state index contributed by atoms with van der Waals surface area (Å²) in [7, 11) is 0. The molecule has 0 aliphatic rings. The summed E-state index contributed by atoms with van der Waals surface area (Å²) in [5.74, 6) is 0.0791. The lowest BCUT2D eigenvalue weighted by molar-refractivity contribution is 0.0701. The molecular formula is C24H22FN3O2S. The zero-order chi connectivity index (χ0) is 21.8. The van der Waals surface area contributed by atoms with Gasteiger partial charge < -0.3 is 10.4 Å². The SMILES string of the molecule is Cc1c(C(=O)O)sc2nc(CCc3ccccc3)nc(NCCc3cccc(F)c3)c12. The molecule has 0 spiro atoms. The minimum absolute atomic E-state index is 0.259. The molecule has 0 unspecified atom stereocenters. The maximum Gasteiger partial charge on any atom is 0.346 e. The van der Waals surface area contributed by atoms with Gasteiger partial charge in [-0.1, -0.05) is 42.5 Å². The molecule has 0 saturated heterocycles. The average Bonchev–Trinajstić information content (AvgIpc) is 3.10. The molecule has 2 aromatic carbocycles. The van der Waals surface area contributed by atoms with E-state index in [-0.39, 0.29) is 10.7 Å². The topological polar surface area (TPSA) is 75.1 Å². The van der Waals surface area contributed by atoms with Crippen LogP contribution < -0.4 is 5.32 Å². The first-order valence-corrected chi connectivity index (χ1v) is 10.9. The number of hydrogen-bond acceptors (Lipinski definition) is 5. The molecule has 5 nitrogen and oxygen atoms in total. The van der Waals surface area contributed by atoms with Gasteiger partial charge in [-0.3, -0.25) is 0 Å². The van der Waals surface area contributed by atoms with Gasteiger partial charge in [0.25, 0.3) is 0 Å². The number of nitrogens with one attached hydrogen (secondary N) is 1. The van der Waals surface area contributed by atoms with Gasteiger partial charge in [0, 0.05) is 13.0 Å². The number of benzene rings is 2. The predicted molar refractivity (Wildman–Crippen MR) is 122 cm³/mol. The van der Waals surface area contributed by atoms with E-state index >= 15 is 0 Å². The lowest BCUT2D eigenvalue weighted by Gasteiger charge is -2.10. The molecule has 158 valence electrons. The second kappa shape index (κ2) is 9.22. The van der Waals surface area contributed by atoms with E-state index in [4.69, 9.17) is 4.98 Å². The van der Waals surface area contributed by atoms with Crippen LogP contribution in [0.2, 0.25) is 0 Å². The van der Waals surface area contributed by atoms with Crippen LogP contribution in [-0.2, 0) is 19.3 Å². The fourth-order valence-electron chi connectivity index (χ4n) is 3.55. The molecule has 4 rings (SSSR count). The third kappa shape index (κ3) is 4.88. The van der Waals surface area contributed by atoms with Crippen LogP contribution in [0.5, 0.6) is 0 Å². The van der Waals surface area contributed by atoms with Gasteiger partial charge in [-0.15, -0.1) is 11.3 Å². The van der Waals surface area contributed by atoms with Crippen molar-refractivity contribution in [1.29, 1.82) is 0 Å². The Morgan fingerprint density at radius 3 is 2.55 bits per heavy atom. The summed E-state index contributed by atoms with van der Waals surface area (Å²) in [4.78, 5) is 21.9. The number of anilines is 1. The van der Waals surface area contributed by atoms with Gasteiger partial charge in [0.1, 0.15) is 27.2 Å². The van der Waals surface area contributed by atoms with Crippen LogP contribution in [0, 0.1) is 12.7 Å². The van der Waals surface area contributed by atoms with Gasteiger partial charge in [0.05, 0.1) is 5.39 Å². The highest BCUT2D eigenvalue weighted by Gasteiger charge is 2.20. The summed E-state index contributed by atoms with van der Waals surface area (Å²) < 4.78 is 13.4. The smallest absolute Gasteiger partial charge is 0.346 e. The zero-order valence-corrected chi connectivity index (χ0v) is 17.9. The average molecular weight is 436 g/mol. The van der Waals surface area contributed by atoms with E-state index in [1.807, 2.05) is 24.3 Å². The summed E-state index contributed by atoms with van der Waals surface area (Å²) in [6.07, 6.45) is 2.07. The number of halogens is 1. The molecule has 0 atom stereocenters. The number of aromatic carboxylic acids is 1. The van der Waals surface area contributed by atoms with Crippen molar-refractivity contribution in [2.45, 2.75) is 26.2 Å². The number of carbonyl (C=O) groups is 1. The molecule has 0 saturated carbocycles. The van der Waals surface area contributed by atoms with Crippen molar-refractivity contribution in [2.75, 3.05) is 11.9 Å². The van der Waals surface area contributed by atoms with Crippen molar-refractivity contribution >= 4 is 33.3 Å². The number of nitrogens with zero attached hydrogens (tertiary/aromatic N) is 2. The maximum absolute atomic E-state index is 13.4. The summed E-state index contributed by atoms with van der Waals surface area (Å²) in [5.41, 5.74) is 2.74. The number of hydrogen-bond donors (Lipinski definition) is 2. The molecule has 0 aliphatic carbocycles. The van der Waals surface area contributed by atoms with Gasteiger partial charge in [-0.2, -0.15) is 0 Å². The maximum atomic E-state index is 13.4. The Balaban J connectivity index is 1.61.